The summed E-state index contributed by atoms with van der Waals surface area (Å²) in [5.74, 6) is 0.823. The fraction of sp³-hybridized carbons (Fsp3) is 0.143. The van der Waals surface area contributed by atoms with Crippen LogP contribution < -0.4 is 10.5 Å². The summed E-state index contributed by atoms with van der Waals surface area (Å²) in [6.07, 6.45) is 0.748. The molecule has 4 nitrogen and oxygen atoms in total. The van der Waals surface area contributed by atoms with Crippen molar-refractivity contribution in [1.82, 2.24) is 5.01 Å². The lowest BCUT2D eigenvalue weighted by molar-refractivity contribution is 0.371. The molecule has 1 heterocycles. The number of nitrogens with zero attached hydrogens (tertiary/aromatic N) is 2. The molecule has 1 aliphatic heterocycles. The number of hydrogen-bond donors (Lipinski definition) is 1. The highest BCUT2D eigenvalue weighted by Gasteiger charge is 2.31. The van der Waals surface area contributed by atoms with E-state index in [1.165, 1.54) is 10.8 Å². The molecule has 1 aliphatic rings. The standard InChI is InChI=1S/C21H19N3OS/c1-25-16-11-9-15(10-12-16)20-13-19(23-24(20)21(22)26)18-8-4-6-14-5-2-3-7-17(14)18/h2-12,20H,13H2,1H3,(H2,22,26). The highest BCUT2D eigenvalue weighted by atomic mass is 32.1. The third-order valence-corrected chi connectivity index (χ3v) is 4.92. The molecule has 3 aromatic rings. The lowest BCUT2D eigenvalue weighted by Crippen LogP contribution is -2.31. The molecule has 2 N–H and O–H groups in total. The van der Waals surface area contributed by atoms with Crippen molar-refractivity contribution in [3.63, 3.8) is 0 Å². The fourth-order valence-corrected chi connectivity index (χ4v) is 3.61. The van der Waals surface area contributed by atoms with Crippen molar-refractivity contribution in [2.75, 3.05) is 7.11 Å². The smallest absolute Gasteiger partial charge is 0.187 e. The van der Waals surface area contributed by atoms with Gasteiger partial charge >= 0.3 is 0 Å². The molecule has 0 bridgehead atoms. The Labute approximate surface area is 157 Å². The number of nitrogens with two attached hydrogens (primary N) is 1. The summed E-state index contributed by atoms with van der Waals surface area (Å²) in [6.45, 7) is 0. The molecule has 0 radical (unpaired) electrons. The first-order chi connectivity index (χ1) is 12.7. The summed E-state index contributed by atoms with van der Waals surface area (Å²) >= 11 is 5.25. The average Bonchev–Trinajstić information content (AvgIpc) is 3.13. The van der Waals surface area contributed by atoms with Crippen LogP contribution in [0.2, 0.25) is 0 Å². The first kappa shape index (κ1) is 16.5. The second kappa shape index (κ2) is 6.77. The van der Waals surface area contributed by atoms with Gasteiger partial charge in [-0.2, -0.15) is 5.10 Å². The number of hydrogen-bond acceptors (Lipinski definition) is 3. The van der Waals surface area contributed by atoms with Crippen LogP contribution in [0.15, 0.2) is 71.8 Å². The summed E-state index contributed by atoms with van der Waals surface area (Å²) in [5, 5.41) is 9.17. The van der Waals surface area contributed by atoms with E-state index in [1.54, 1.807) is 12.1 Å². The van der Waals surface area contributed by atoms with Gasteiger partial charge in [-0.15, -0.1) is 0 Å². The van der Waals surface area contributed by atoms with Crippen molar-refractivity contribution in [3.8, 4) is 5.75 Å². The third-order valence-electron chi connectivity index (χ3n) is 4.74. The Balaban J connectivity index is 1.74. The van der Waals surface area contributed by atoms with Crippen LogP contribution in [0.5, 0.6) is 5.75 Å². The number of fused-ring (bicyclic) bond motifs is 1. The van der Waals surface area contributed by atoms with Gasteiger partial charge in [-0.1, -0.05) is 54.6 Å². The maximum absolute atomic E-state index is 5.96. The van der Waals surface area contributed by atoms with Crippen LogP contribution in [-0.2, 0) is 0 Å². The van der Waals surface area contributed by atoms with E-state index in [1.807, 2.05) is 36.4 Å². The molecule has 0 amide bonds. The number of thiocarbonyl (C=S) groups is 1. The lowest BCUT2D eigenvalue weighted by atomic mass is 9.95. The predicted molar refractivity (Wildman–Crippen MR) is 109 cm³/mol. The minimum atomic E-state index is -0.00706. The Bertz CT molecular complexity index is 992. The summed E-state index contributed by atoms with van der Waals surface area (Å²) in [7, 11) is 1.66. The Morgan fingerprint density at radius 3 is 2.54 bits per heavy atom. The van der Waals surface area contributed by atoms with Crippen molar-refractivity contribution in [3.05, 3.63) is 77.9 Å². The Morgan fingerprint density at radius 1 is 1.08 bits per heavy atom. The highest BCUT2D eigenvalue weighted by Crippen LogP contribution is 2.34. The zero-order valence-electron chi connectivity index (χ0n) is 14.4. The molecule has 130 valence electrons. The van der Waals surface area contributed by atoms with E-state index in [2.05, 4.69) is 30.3 Å². The maximum atomic E-state index is 5.96. The monoisotopic (exact) mass is 361 g/mol. The van der Waals surface area contributed by atoms with Crippen LogP contribution in [-0.4, -0.2) is 22.9 Å². The quantitative estimate of drug-likeness (QED) is 0.709. The summed E-state index contributed by atoms with van der Waals surface area (Å²) in [5.41, 5.74) is 9.19. The number of rotatable bonds is 3. The van der Waals surface area contributed by atoms with Gasteiger partial charge in [0.2, 0.25) is 0 Å². The average molecular weight is 361 g/mol. The van der Waals surface area contributed by atoms with Gasteiger partial charge in [0, 0.05) is 12.0 Å². The van der Waals surface area contributed by atoms with Gasteiger partial charge in [0.1, 0.15) is 5.75 Å². The van der Waals surface area contributed by atoms with Gasteiger partial charge in [-0.05, 0) is 40.7 Å². The Hall–Kier alpha value is -2.92. The van der Waals surface area contributed by atoms with Gasteiger partial charge in [-0.3, -0.25) is 0 Å². The number of methoxy groups -OCH3 is 1. The topological polar surface area (TPSA) is 50.8 Å². The summed E-state index contributed by atoms with van der Waals surface area (Å²) in [4.78, 5) is 0. The zero-order valence-corrected chi connectivity index (χ0v) is 15.2. The predicted octanol–water partition coefficient (Wildman–Crippen LogP) is 4.24. The van der Waals surface area contributed by atoms with Crippen LogP contribution in [0.4, 0.5) is 0 Å². The van der Waals surface area contributed by atoms with Crippen molar-refractivity contribution in [2.45, 2.75) is 12.5 Å². The zero-order chi connectivity index (χ0) is 18.1. The molecule has 0 fully saturated rings. The normalized spacial score (nSPS) is 16.6. The van der Waals surface area contributed by atoms with Gasteiger partial charge in [0.25, 0.3) is 0 Å². The van der Waals surface area contributed by atoms with Gasteiger partial charge < -0.3 is 10.5 Å². The van der Waals surface area contributed by atoms with E-state index < -0.39 is 0 Å². The lowest BCUT2D eigenvalue weighted by Gasteiger charge is -2.22. The molecule has 1 unspecified atom stereocenters. The maximum Gasteiger partial charge on any atom is 0.187 e. The largest absolute Gasteiger partial charge is 0.497 e. The van der Waals surface area contributed by atoms with E-state index in [9.17, 15) is 0 Å². The number of hydrazone groups is 1. The SMILES string of the molecule is COc1ccc(C2CC(c3cccc4ccccc34)=NN2C(N)=S)cc1. The van der Waals surface area contributed by atoms with Crippen LogP contribution in [0.25, 0.3) is 10.8 Å². The molecule has 0 saturated carbocycles. The van der Waals surface area contributed by atoms with Crippen LogP contribution in [0, 0.1) is 0 Å². The third kappa shape index (κ3) is 2.91. The Morgan fingerprint density at radius 2 is 1.81 bits per heavy atom. The molecule has 3 aromatic carbocycles. The molecule has 5 heteroatoms. The molecule has 0 aliphatic carbocycles. The molecule has 0 spiro atoms. The van der Waals surface area contributed by atoms with E-state index in [-0.39, 0.29) is 11.2 Å². The molecule has 26 heavy (non-hydrogen) atoms. The molecule has 0 aromatic heterocycles. The second-order valence-corrected chi connectivity index (χ2v) is 6.67. The van der Waals surface area contributed by atoms with E-state index in [0.29, 0.717) is 0 Å². The van der Waals surface area contributed by atoms with Crippen molar-refractivity contribution in [1.29, 1.82) is 0 Å². The van der Waals surface area contributed by atoms with E-state index in [0.717, 1.165) is 29.0 Å². The minimum absolute atomic E-state index is 0.00706. The van der Waals surface area contributed by atoms with Crippen molar-refractivity contribution in [2.24, 2.45) is 10.8 Å². The summed E-state index contributed by atoms with van der Waals surface area (Å²) in [6, 6.07) is 22.6. The van der Waals surface area contributed by atoms with Crippen molar-refractivity contribution >= 4 is 33.8 Å². The van der Waals surface area contributed by atoms with E-state index >= 15 is 0 Å². The molecule has 0 saturated heterocycles. The van der Waals surface area contributed by atoms with Crippen molar-refractivity contribution < 1.29 is 4.74 Å². The van der Waals surface area contributed by atoms with Gasteiger partial charge in [0.15, 0.2) is 5.11 Å². The fourth-order valence-electron chi connectivity index (χ4n) is 3.44. The van der Waals surface area contributed by atoms with Crippen LogP contribution in [0.3, 0.4) is 0 Å². The highest BCUT2D eigenvalue weighted by molar-refractivity contribution is 7.80. The second-order valence-electron chi connectivity index (χ2n) is 6.25. The Kier molecular flexibility index (Phi) is 4.31. The number of benzene rings is 3. The van der Waals surface area contributed by atoms with Gasteiger partial charge in [0.05, 0.1) is 18.9 Å². The molecule has 1 atom stereocenters. The summed E-state index contributed by atoms with van der Waals surface area (Å²) < 4.78 is 5.25. The van der Waals surface area contributed by atoms with Gasteiger partial charge in [-0.25, -0.2) is 5.01 Å². The van der Waals surface area contributed by atoms with E-state index in [4.69, 9.17) is 27.8 Å². The molecular formula is C21H19N3OS. The molecule has 4 rings (SSSR count). The first-order valence-electron chi connectivity index (χ1n) is 8.45. The molecular weight excluding hydrogens is 342 g/mol. The van der Waals surface area contributed by atoms with Crippen LogP contribution in [0.1, 0.15) is 23.6 Å². The first-order valence-corrected chi connectivity index (χ1v) is 8.86. The number of ether oxygens (including phenoxy) is 1. The minimum Gasteiger partial charge on any atom is -0.497 e. The van der Waals surface area contributed by atoms with Crippen LogP contribution >= 0.6 is 12.2 Å².